The quantitative estimate of drug-likeness (QED) is 0.179. The number of hydrogen-bond acceptors (Lipinski definition) is 4. The molecule has 0 saturated carbocycles. The molecule has 3 aromatic carbocycles. The minimum atomic E-state index is 0.126. The number of fused-ring (bicyclic) bond motifs is 1. The maximum Gasteiger partial charge on any atom is 0.250 e. The predicted molar refractivity (Wildman–Crippen MR) is 189 cm³/mol. The SMILES string of the molecule is Cc1ccc(N2CCN(C(=O)C3=C(CCCOc4cc(C)c(Cl)c(C)c4)c4ccc(Cl)c(-c5c(C)nn(C)c5C)c4C3)CC2)cc1. The van der Waals surface area contributed by atoms with Crippen LogP contribution in [0.3, 0.4) is 0 Å². The normalized spacial score (nSPS) is 14.7. The number of amides is 1. The lowest BCUT2D eigenvalue weighted by atomic mass is 9.93. The maximum atomic E-state index is 14.4. The fourth-order valence-corrected chi connectivity index (χ4v) is 7.35. The first-order valence-corrected chi connectivity index (χ1v) is 16.8. The number of rotatable bonds is 8. The molecule has 6 rings (SSSR count). The Kier molecular flexibility index (Phi) is 9.22. The molecule has 0 bridgehead atoms. The Morgan fingerprint density at radius 2 is 1.57 bits per heavy atom. The minimum Gasteiger partial charge on any atom is -0.494 e. The number of halogens is 2. The molecule has 0 radical (unpaired) electrons. The highest BCUT2D eigenvalue weighted by atomic mass is 35.5. The summed E-state index contributed by atoms with van der Waals surface area (Å²) >= 11 is 13.3. The Labute approximate surface area is 282 Å². The van der Waals surface area contributed by atoms with Gasteiger partial charge in [0, 0.05) is 77.8 Å². The molecule has 6 nitrogen and oxygen atoms in total. The van der Waals surface area contributed by atoms with Crippen molar-refractivity contribution in [3.05, 3.63) is 103 Å². The van der Waals surface area contributed by atoms with Crippen LogP contribution < -0.4 is 9.64 Å². The van der Waals surface area contributed by atoms with E-state index in [4.69, 9.17) is 27.9 Å². The van der Waals surface area contributed by atoms with Crippen molar-refractivity contribution in [3.8, 4) is 16.9 Å². The van der Waals surface area contributed by atoms with Crippen molar-refractivity contribution in [2.75, 3.05) is 37.7 Å². The summed E-state index contributed by atoms with van der Waals surface area (Å²) in [6, 6.07) is 16.7. The van der Waals surface area contributed by atoms with E-state index in [2.05, 4.69) is 54.2 Å². The molecule has 1 aliphatic heterocycles. The molecular formula is C38H42Cl2N4O2. The number of hydrogen-bond donors (Lipinski definition) is 0. The van der Waals surface area contributed by atoms with Gasteiger partial charge in [0.05, 0.1) is 12.3 Å². The molecular weight excluding hydrogens is 615 g/mol. The first kappa shape index (κ1) is 32.2. The zero-order chi connectivity index (χ0) is 32.7. The van der Waals surface area contributed by atoms with Gasteiger partial charge in [-0.25, -0.2) is 0 Å². The number of anilines is 1. The van der Waals surface area contributed by atoms with Crippen LogP contribution in [0.25, 0.3) is 16.7 Å². The van der Waals surface area contributed by atoms with Crippen LogP contribution in [-0.4, -0.2) is 53.4 Å². The Morgan fingerprint density at radius 1 is 0.891 bits per heavy atom. The maximum absolute atomic E-state index is 14.4. The van der Waals surface area contributed by atoms with Gasteiger partial charge in [-0.05, 0) is 106 Å². The number of allylic oxidation sites excluding steroid dienone is 1. The van der Waals surface area contributed by atoms with Crippen LogP contribution in [0.5, 0.6) is 5.75 Å². The highest BCUT2D eigenvalue weighted by molar-refractivity contribution is 6.34. The number of aromatic nitrogens is 2. The first-order chi connectivity index (χ1) is 22.0. The van der Waals surface area contributed by atoms with Crippen molar-refractivity contribution < 1.29 is 9.53 Å². The second kappa shape index (κ2) is 13.2. The van der Waals surface area contributed by atoms with Gasteiger partial charge in [-0.2, -0.15) is 5.10 Å². The molecule has 2 aliphatic rings. The van der Waals surface area contributed by atoms with Crippen LogP contribution >= 0.6 is 23.2 Å². The first-order valence-electron chi connectivity index (χ1n) is 16.1. The third-order valence-corrected chi connectivity index (χ3v) is 10.4. The standard InChI is InChI=1S/C38H42Cl2N4O2/c1-23-9-11-28(12-10-23)43-15-17-44(18-16-43)38(45)33-22-32-31(13-14-34(39)36(32)35-26(4)41-42(6)27(35)5)30(33)8-7-19-46-29-20-24(2)37(40)25(3)21-29/h9-14,20-21H,7-8,15-19,22H2,1-6H3. The number of ether oxygens (including phenoxy) is 1. The monoisotopic (exact) mass is 656 g/mol. The van der Waals surface area contributed by atoms with E-state index in [0.717, 1.165) is 92.6 Å². The largest absolute Gasteiger partial charge is 0.494 e. The lowest BCUT2D eigenvalue weighted by molar-refractivity contribution is -0.127. The van der Waals surface area contributed by atoms with Gasteiger partial charge in [0.2, 0.25) is 0 Å². The minimum absolute atomic E-state index is 0.126. The smallest absolute Gasteiger partial charge is 0.250 e. The average molecular weight is 658 g/mol. The molecule has 1 saturated heterocycles. The van der Waals surface area contributed by atoms with Crippen LogP contribution in [0.4, 0.5) is 5.69 Å². The van der Waals surface area contributed by atoms with Crippen molar-refractivity contribution >= 4 is 40.4 Å². The van der Waals surface area contributed by atoms with E-state index < -0.39 is 0 Å². The number of nitrogens with zero attached hydrogens (tertiary/aromatic N) is 4. The summed E-state index contributed by atoms with van der Waals surface area (Å²) in [6.07, 6.45) is 2.06. The number of aryl methyl sites for hydroxylation is 5. The van der Waals surface area contributed by atoms with Crippen LogP contribution in [0, 0.1) is 34.6 Å². The van der Waals surface area contributed by atoms with Crippen LogP contribution in [0.1, 0.15) is 52.0 Å². The molecule has 0 N–H and O–H groups in total. The molecule has 2 heterocycles. The Bertz CT molecular complexity index is 1810. The summed E-state index contributed by atoms with van der Waals surface area (Å²) in [5, 5.41) is 6.15. The summed E-state index contributed by atoms with van der Waals surface area (Å²) in [6.45, 7) is 13.7. The molecule has 0 unspecified atom stereocenters. The van der Waals surface area contributed by atoms with Crippen LogP contribution in [-0.2, 0) is 18.3 Å². The summed E-state index contributed by atoms with van der Waals surface area (Å²) < 4.78 is 8.08. The fraction of sp³-hybridized carbons (Fsp3) is 0.368. The van der Waals surface area contributed by atoms with Gasteiger partial charge in [-0.1, -0.05) is 47.0 Å². The van der Waals surface area contributed by atoms with Gasteiger partial charge in [0.25, 0.3) is 5.91 Å². The number of carbonyl (C=O) groups is 1. The molecule has 4 aromatic rings. The zero-order valence-corrected chi connectivity index (χ0v) is 29.1. The summed E-state index contributed by atoms with van der Waals surface area (Å²) in [7, 11) is 1.96. The third kappa shape index (κ3) is 6.17. The highest BCUT2D eigenvalue weighted by Crippen LogP contribution is 2.46. The number of carbonyl (C=O) groups excluding carboxylic acids is 1. The lowest BCUT2D eigenvalue weighted by Gasteiger charge is -2.36. The predicted octanol–water partition coefficient (Wildman–Crippen LogP) is 8.45. The molecule has 1 fully saturated rings. The van der Waals surface area contributed by atoms with E-state index >= 15 is 0 Å². The molecule has 46 heavy (non-hydrogen) atoms. The topological polar surface area (TPSA) is 50.6 Å². The summed E-state index contributed by atoms with van der Waals surface area (Å²) in [5.41, 5.74) is 12.7. The van der Waals surface area contributed by atoms with Crippen LogP contribution in [0.2, 0.25) is 10.0 Å². The van der Waals surface area contributed by atoms with E-state index in [1.54, 1.807) is 0 Å². The zero-order valence-electron chi connectivity index (χ0n) is 27.6. The fourth-order valence-electron chi connectivity index (χ4n) is 6.97. The second-order valence-electron chi connectivity index (χ2n) is 12.7. The Hall–Kier alpha value is -3.74. The average Bonchev–Trinajstić information content (AvgIpc) is 3.53. The van der Waals surface area contributed by atoms with Crippen molar-refractivity contribution in [2.24, 2.45) is 7.05 Å². The molecule has 0 spiro atoms. The lowest BCUT2D eigenvalue weighted by Crippen LogP contribution is -2.49. The van der Waals surface area contributed by atoms with Gasteiger partial charge < -0.3 is 14.5 Å². The molecule has 0 atom stereocenters. The summed E-state index contributed by atoms with van der Waals surface area (Å²) in [5.74, 6) is 0.945. The van der Waals surface area contributed by atoms with E-state index in [0.29, 0.717) is 31.1 Å². The van der Waals surface area contributed by atoms with E-state index in [1.807, 2.05) is 55.6 Å². The number of benzene rings is 3. The van der Waals surface area contributed by atoms with Gasteiger partial charge in [-0.15, -0.1) is 0 Å². The van der Waals surface area contributed by atoms with Crippen molar-refractivity contribution in [1.29, 1.82) is 0 Å². The molecule has 240 valence electrons. The van der Waals surface area contributed by atoms with Gasteiger partial charge >= 0.3 is 0 Å². The molecule has 1 aromatic heterocycles. The van der Waals surface area contributed by atoms with Crippen molar-refractivity contribution in [2.45, 2.75) is 53.9 Å². The molecule has 1 aliphatic carbocycles. The van der Waals surface area contributed by atoms with Crippen molar-refractivity contribution in [1.82, 2.24) is 14.7 Å². The van der Waals surface area contributed by atoms with Gasteiger partial charge in [0.15, 0.2) is 0 Å². The third-order valence-electron chi connectivity index (χ3n) is 9.54. The number of piperazine rings is 1. The molecule has 1 amide bonds. The van der Waals surface area contributed by atoms with E-state index in [1.165, 1.54) is 11.3 Å². The second-order valence-corrected chi connectivity index (χ2v) is 13.5. The Balaban J connectivity index is 1.27. The van der Waals surface area contributed by atoms with Gasteiger partial charge in [0.1, 0.15) is 5.75 Å². The van der Waals surface area contributed by atoms with Gasteiger partial charge in [-0.3, -0.25) is 9.48 Å². The Morgan fingerprint density at radius 3 is 2.20 bits per heavy atom. The summed E-state index contributed by atoms with van der Waals surface area (Å²) in [4.78, 5) is 18.8. The van der Waals surface area contributed by atoms with Crippen molar-refractivity contribution in [3.63, 3.8) is 0 Å². The van der Waals surface area contributed by atoms with E-state index in [9.17, 15) is 4.79 Å². The molecule has 8 heteroatoms. The highest BCUT2D eigenvalue weighted by Gasteiger charge is 2.33. The van der Waals surface area contributed by atoms with Crippen LogP contribution in [0.15, 0.2) is 54.1 Å². The van der Waals surface area contributed by atoms with E-state index in [-0.39, 0.29) is 5.91 Å².